The lowest BCUT2D eigenvalue weighted by molar-refractivity contribution is -0.167. The molecule has 15 nitrogen and oxygen atoms in total. The summed E-state index contributed by atoms with van der Waals surface area (Å²) < 4.78 is 5.62. The average Bonchev–Trinajstić information content (AvgIpc) is 3.69. The average molecular weight is 872 g/mol. The summed E-state index contributed by atoms with van der Waals surface area (Å²) in [5, 5.41) is 40.7. The van der Waals surface area contributed by atoms with Crippen LogP contribution in [0.2, 0.25) is 0 Å². The van der Waals surface area contributed by atoms with E-state index in [2.05, 4.69) is 22.9 Å². The van der Waals surface area contributed by atoms with Crippen molar-refractivity contribution in [2.24, 2.45) is 5.92 Å². The Morgan fingerprint density at radius 3 is 2.02 bits per heavy atom. The fourth-order valence-electron chi connectivity index (χ4n) is 8.43. The first kappa shape index (κ1) is 52.1. The predicted molar refractivity (Wildman–Crippen MR) is 236 cm³/mol. The standard InChI is InChI=1S/C47H77N5O10/c1-3-4-5-6-7-8-9-10-11-12-13-14-15-16-17-18-19-20-30-42(55)51(60)32-26-24-31-47(46(58)59,36(2)34-41(54)48-38-28-23-25-33-52(61)45(38)57)50-43(56)39-35-62-44(49-39)37-27-21-22-29-40(37)53/h21-22,27,29,36,38-39,49,60-61H,3-20,23-26,28,30-35H2,1-2H3,(H,48,54)(H,50,56)(H,58,59)/b44-37+. The van der Waals surface area contributed by atoms with Crippen molar-refractivity contribution < 1.29 is 49.0 Å². The van der Waals surface area contributed by atoms with Crippen molar-refractivity contribution in [3.63, 3.8) is 0 Å². The molecule has 2 heterocycles. The van der Waals surface area contributed by atoms with Gasteiger partial charge in [0.05, 0.1) is 5.57 Å². The van der Waals surface area contributed by atoms with E-state index in [0.717, 1.165) is 19.3 Å². The van der Waals surface area contributed by atoms with Crippen LogP contribution in [-0.4, -0.2) is 98.3 Å². The van der Waals surface area contributed by atoms with E-state index in [4.69, 9.17) is 4.74 Å². The molecule has 4 unspecified atom stereocenters. The van der Waals surface area contributed by atoms with Crippen molar-refractivity contribution in [3.8, 4) is 0 Å². The zero-order chi connectivity index (χ0) is 45.2. The van der Waals surface area contributed by atoms with Crippen LogP contribution in [0.4, 0.5) is 0 Å². The quantitative estimate of drug-likeness (QED) is 0.0173. The summed E-state index contributed by atoms with van der Waals surface area (Å²) in [6.45, 7) is 3.70. The third-order valence-corrected chi connectivity index (χ3v) is 12.4. The molecule has 6 N–H and O–H groups in total. The third-order valence-electron chi connectivity index (χ3n) is 12.4. The Kier molecular flexibility index (Phi) is 24.5. The van der Waals surface area contributed by atoms with Gasteiger partial charge in [-0.15, -0.1) is 0 Å². The molecule has 2 aliphatic heterocycles. The number of nitrogens with zero attached hydrogens (tertiary/aromatic N) is 2. The fourth-order valence-corrected chi connectivity index (χ4v) is 8.43. The number of amides is 4. The van der Waals surface area contributed by atoms with Crippen LogP contribution in [0.1, 0.15) is 181 Å². The number of ketones is 1. The molecular weight excluding hydrogens is 795 g/mol. The van der Waals surface area contributed by atoms with E-state index in [0.29, 0.717) is 35.8 Å². The number of carboxylic acid groups (broad SMARTS) is 1. The zero-order valence-corrected chi connectivity index (χ0v) is 37.6. The van der Waals surface area contributed by atoms with E-state index in [9.17, 15) is 44.3 Å². The van der Waals surface area contributed by atoms with E-state index in [1.807, 2.05) is 0 Å². The Bertz CT molecular complexity index is 1530. The first-order valence-electron chi connectivity index (χ1n) is 23.8. The molecule has 2 saturated heterocycles. The van der Waals surface area contributed by atoms with Gasteiger partial charge < -0.3 is 25.8 Å². The second-order valence-corrected chi connectivity index (χ2v) is 17.5. The van der Waals surface area contributed by atoms with Crippen molar-refractivity contribution in [2.75, 3.05) is 19.7 Å². The van der Waals surface area contributed by atoms with Crippen LogP contribution in [0, 0.1) is 5.92 Å². The predicted octanol–water partition coefficient (Wildman–Crippen LogP) is 7.55. The monoisotopic (exact) mass is 872 g/mol. The van der Waals surface area contributed by atoms with Crippen LogP contribution in [0.25, 0.3) is 0 Å². The van der Waals surface area contributed by atoms with Crippen LogP contribution >= 0.6 is 0 Å². The first-order valence-corrected chi connectivity index (χ1v) is 23.8. The van der Waals surface area contributed by atoms with Gasteiger partial charge in [0.15, 0.2) is 11.7 Å². The number of aliphatic carboxylic acids is 1. The number of carbonyl (C=O) groups excluding carboxylic acids is 5. The molecule has 350 valence electrons. The maximum Gasteiger partial charge on any atom is 0.329 e. The number of carbonyl (C=O) groups is 6. The Balaban J connectivity index is 1.43. The minimum atomic E-state index is -1.98. The Hall–Kier alpha value is -4.24. The largest absolute Gasteiger partial charge is 0.479 e. The number of allylic oxidation sites excluding steroid dienone is 5. The molecule has 0 radical (unpaired) electrons. The summed E-state index contributed by atoms with van der Waals surface area (Å²) in [6.07, 6.45) is 30.1. The maximum atomic E-state index is 13.7. The molecule has 0 bridgehead atoms. The van der Waals surface area contributed by atoms with Gasteiger partial charge in [-0.05, 0) is 63.0 Å². The highest BCUT2D eigenvalue weighted by Gasteiger charge is 2.47. The van der Waals surface area contributed by atoms with E-state index >= 15 is 0 Å². The molecule has 0 spiro atoms. The number of hydrogen-bond acceptors (Lipinski definition) is 10. The van der Waals surface area contributed by atoms with Gasteiger partial charge in [-0.2, -0.15) is 0 Å². The molecule has 2 fully saturated rings. The summed E-state index contributed by atoms with van der Waals surface area (Å²) in [4.78, 5) is 77.9. The first-order chi connectivity index (χ1) is 29.9. The number of nitrogens with one attached hydrogen (secondary N) is 3. The van der Waals surface area contributed by atoms with Gasteiger partial charge in [-0.3, -0.25) is 34.4 Å². The van der Waals surface area contributed by atoms with E-state index in [1.165, 1.54) is 103 Å². The van der Waals surface area contributed by atoms with Gasteiger partial charge in [0.1, 0.15) is 24.2 Å². The molecule has 4 amide bonds. The summed E-state index contributed by atoms with van der Waals surface area (Å²) >= 11 is 0. The summed E-state index contributed by atoms with van der Waals surface area (Å²) in [6, 6.07) is -2.02. The lowest BCUT2D eigenvalue weighted by Gasteiger charge is -2.37. The number of hydroxylamine groups is 4. The van der Waals surface area contributed by atoms with Crippen molar-refractivity contribution in [2.45, 2.75) is 198 Å². The molecule has 0 aromatic carbocycles. The van der Waals surface area contributed by atoms with Gasteiger partial charge in [0, 0.05) is 25.9 Å². The molecule has 0 aromatic rings. The topological polar surface area (TPSA) is 215 Å². The maximum absolute atomic E-state index is 13.7. The molecule has 0 aromatic heterocycles. The number of rotatable bonds is 31. The van der Waals surface area contributed by atoms with Gasteiger partial charge in [-0.1, -0.05) is 135 Å². The summed E-state index contributed by atoms with van der Waals surface area (Å²) in [7, 11) is 0. The van der Waals surface area contributed by atoms with Crippen LogP contribution < -0.4 is 16.0 Å². The number of unbranched alkanes of at least 4 members (excludes halogenated alkanes) is 18. The normalized spacial score (nSPS) is 20.2. The SMILES string of the molecule is CCCCCCCCCCCCCCCCCCCCC(=O)N(O)CCCCC(NC(=O)C1CO/C(=C2\C=CC=CC2=O)N1)(C(=O)O)C(C)CC(=O)NC1CCCCN(O)C1=O. The molecule has 0 saturated carbocycles. The molecule has 1 aliphatic carbocycles. The van der Waals surface area contributed by atoms with E-state index in [1.54, 1.807) is 18.2 Å². The van der Waals surface area contributed by atoms with E-state index in [-0.39, 0.29) is 69.0 Å². The van der Waals surface area contributed by atoms with Crippen molar-refractivity contribution in [1.29, 1.82) is 0 Å². The Labute approximate surface area is 369 Å². The molecule has 4 atom stereocenters. The zero-order valence-electron chi connectivity index (χ0n) is 37.6. The Morgan fingerprint density at radius 1 is 0.855 bits per heavy atom. The molecule has 3 aliphatic rings. The summed E-state index contributed by atoms with van der Waals surface area (Å²) in [5.41, 5.74) is -1.77. The van der Waals surface area contributed by atoms with Crippen LogP contribution in [-0.2, 0) is 33.5 Å². The van der Waals surface area contributed by atoms with Gasteiger partial charge >= 0.3 is 5.97 Å². The minimum Gasteiger partial charge on any atom is -0.479 e. The summed E-state index contributed by atoms with van der Waals surface area (Å²) in [5.74, 6) is -5.02. The minimum absolute atomic E-state index is 0.0389. The van der Waals surface area contributed by atoms with Crippen LogP contribution in [0.15, 0.2) is 35.8 Å². The Morgan fingerprint density at radius 2 is 1.44 bits per heavy atom. The third kappa shape index (κ3) is 18.2. The number of hydrogen-bond donors (Lipinski definition) is 6. The van der Waals surface area contributed by atoms with E-state index < -0.39 is 53.1 Å². The van der Waals surface area contributed by atoms with Gasteiger partial charge in [0.2, 0.25) is 17.7 Å². The number of carboxylic acids is 1. The lowest BCUT2D eigenvalue weighted by atomic mass is 9.78. The number of ether oxygens (including phenoxy) is 1. The van der Waals surface area contributed by atoms with Crippen LogP contribution in [0.3, 0.4) is 0 Å². The second kappa shape index (κ2) is 29.2. The highest BCUT2D eigenvalue weighted by Crippen LogP contribution is 2.29. The van der Waals surface area contributed by atoms with Crippen molar-refractivity contribution in [1.82, 2.24) is 26.1 Å². The fraction of sp³-hybridized carbons (Fsp3) is 0.745. The van der Waals surface area contributed by atoms with Crippen molar-refractivity contribution in [3.05, 3.63) is 35.8 Å². The van der Waals surface area contributed by atoms with Gasteiger partial charge in [0.25, 0.3) is 5.91 Å². The molecular formula is C47H77N5O10. The lowest BCUT2D eigenvalue weighted by Crippen LogP contribution is -2.62. The highest BCUT2D eigenvalue weighted by molar-refractivity contribution is 6.07. The van der Waals surface area contributed by atoms with Crippen molar-refractivity contribution >= 4 is 35.4 Å². The highest BCUT2D eigenvalue weighted by atomic mass is 16.5. The smallest absolute Gasteiger partial charge is 0.329 e. The molecule has 62 heavy (non-hydrogen) atoms. The van der Waals surface area contributed by atoms with Crippen LogP contribution in [0.5, 0.6) is 0 Å². The van der Waals surface area contributed by atoms with Gasteiger partial charge in [-0.25, -0.2) is 14.9 Å². The molecule has 15 heteroatoms. The second-order valence-electron chi connectivity index (χ2n) is 17.5. The molecule has 3 rings (SSSR count).